The van der Waals surface area contributed by atoms with E-state index < -0.39 is 0 Å². The van der Waals surface area contributed by atoms with Crippen molar-refractivity contribution in [1.29, 1.82) is 0 Å². The molecule has 0 bridgehead atoms. The van der Waals surface area contributed by atoms with E-state index in [4.69, 9.17) is 5.73 Å². The highest BCUT2D eigenvalue weighted by Crippen LogP contribution is 2.31. The summed E-state index contributed by atoms with van der Waals surface area (Å²) in [6, 6.07) is 0.202. The fourth-order valence-corrected chi connectivity index (χ4v) is 2.65. The highest BCUT2D eigenvalue weighted by Gasteiger charge is 2.16. The van der Waals surface area contributed by atoms with Gasteiger partial charge in [-0.05, 0) is 74.4 Å². The zero-order valence-electron chi connectivity index (χ0n) is 12.3. The SMILES string of the molecule is CCCC[C@H](N)c1c(C)c(C)c(C)c(C)c1C. The fourth-order valence-electron chi connectivity index (χ4n) is 2.65. The monoisotopic (exact) mass is 233 g/mol. The molecule has 0 amide bonds. The summed E-state index contributed by atoms with van der Waals surface area (Å²) >= 11 is 0. The predicted octanol–water partition coefficient (Wildman–Crippen LogP) is 4.42. The number of rotatable bonds is 4. The molecule has 0 aliphatic rings. The topological polar surface area (TPSA) is 26.0 Å². The second-order valence-electron chi connectivity index (χ2n) is 5.29. The summed E-state index contributed by atoms with van der Waals surface area (Å²) in [5, 5.41) is 0. The van der Waals surface area contributed by atoms with Crippen LogP contribution in [0.1, 0.15) is 65.6 Å². The third kappa shape index (κ3) is 2.71. The summed E-state index contributed by atoms with van der Waals surface area (Å²) in [4.78, 5) is 0. The first-order chi connectivity index (χ1) is 7.91. The molecule has 1 atom stereocenters. The van der Waals surface area contributed by atoms with Crippen molar-refractivity contribution < 1.29 is 0 Å². The van der Waals surface area contributed by atoms with Crippen LogP contribution in [0.25, 0.3) is 0 Å². The molecular weight excluding hydrogens is 206 g/mol. The van der Waals surface area contributed by atoms with Gasteiger partial charge in [0.2, 0.25) is 0 Å². The number of nitrogens with two attached hydrogens (primary N) is 1. The highest BCUT2D eigenvalue weighted by atomic mass is 14.6. The van der Waals surface area contributed by atoms with Gasteiger partial charge in [-0.2, -0.15) is 0 Å². The highest BCUT2D eigenvalue weighted by molar-refractivity contribution is 5.50. The Morgan fingerprint density at radius 1 is 0.824 bits per heavy atom. The van der Waals surface area contributed by atoms with Gasteiger partial charge in [0.15, 0.2) is 0 Å². The second-order valence-corrected chi connectivity index (χ2v) is 5.29. The minimum Gasteiger partial charge on any atom is -0.324 e. The maximum Gasteiger partial charge on any atom is 0.0300 e. The lowest BCUT2D eigenvalue weighted by molar-refractivity contribution is 0.597. The van der Waals surface area contributed by atoms with E-state index in [0.29, 0.717) is 0 Å². The predicted molar refractivity (Wildman–Crippen MR) is 76.6 cm³/mol. The molecule has 2 N–H and O–H groups in total. The Hall–Kier alpha value is -0.820. The summed E-state index contributed by atoms with van der Waals surface area (Å²) in [6.07, 6.45) is 3.53. The van der Waals surface area contributed by atoms with E-state index in [1.54, 1.807) is 0 Å². The lowest BCUT2D eigenvalue weighted by Crippen LogP contribution is -2.15. The first kappa shape index (κ1) is 14.2. The van der Waals surface area contributed by atoms with E-state index in [2.05, 4.69) is 41.5 Å². The Morgan fingerprint density at radius 2 is 1.24 bits per heavy atom. The molecular formula is C16H27N. The van der Waals surface area contributed by atoms with Crippen LogP contribution in [0, 0.1) is 34.6 Å². The zero-order valence-corrected chi connectivity index (χ0v) is 12.3. The quantitative estimate of drug-likeness (QED) is 0.818. The van der Waals surface area contributed by atoms with Crippen LogP contribution < -0.4 is 5.73 Å². The average Bonchev–Trinajstić information content (AvgIpc) is 2.31. The normalized spacial score (nSPS) is 12.9. The summed E-state index contributed by atoms with van der Waals surface area (Å²) in [6.45, 7) is 13.3. The molecule has 0 unspecified atom stereocenters. The van der Waals surface area contributed by atoms with Gasteiger partial charge in [0.25, 0.3) is 0 Å². The molecule has 0 aliphatic heterocycles. The summed E-state index contributed by atoms with van der Waals surface area (Å²) in [5.41, 5.74) is 14.8. The van der Waals surface area contributed by atoms with E-state index in [1.165, 1.54) is 46.2 Å². The van der Waals surface area contributed by atoms with Gasteiger partial charge in [0, 0.05) is 6.04 Å². The van der Waals surface area contributed by atoms with Crippen molar-refractivity contribution in [3.05, 3.63) is 33.4 Å². The average molecular weight is 233 g/mol. The van der Waals surface area contributed by atoms with E-state index >= 15 is 0 Å². The minimum atomic E-state index is 0.202. The van der Waals surface area contributed by atoms with E-state index in [9.17, 15) is 0 Å². The van der Waals surface area contributed by atoms with Crippen LogP contribution in [-0.2, 0) is 0 Å². The second kappa shape index (κ2) is 5.68. The molecule has 0 heterocycles. The standard InChI is InChI=1S/C16H27N/c1-7-8-9-15(17)16-13(5)11(3)10(2)12(4)14(16)6/h15H,7-9,17H2,1-6H3/t15-/m0/s1. The van der Waals surface area contributed by atoms with Crippen LogP contribution in [0.15, 0.2) is 0 Å². The molecule has 0 spiro atoms. The number of hydrogen-bond acceptors (Lipinski definition) is 1. The summed E-state index contributed by atoms with van der Waals surface area (Å²) in [5.74, 6) is 0. The van der Waals surface area contributed by atoms with Gasteiger partial charge in [-0.3, -0.25) is 0 Å². The van der Waals surface area contributed by atoms with Crippen LogP contribution in [0.5, 0.6) is 0 Å². The van der Waals surface area contributed by atoms with Crippen LogP contribution in [-0.4, -0.2) is 0 Å². The number of hydrogen-bond donors (Lipinski definition) is 1. The van der Waals surface area contributed by atoms with Crippen molar-refractivity contribution in [2.45, 2.75) is 66.8 Å². The Morgan fingerprint density at radius 3 is 1.65 bits per heavy atom. The molecule has 0 aromatic heterocycles. The minimum absolute atomic E-state index is 0.202. The molecule has 1 aromatic carbocycles. The summed E-state index contributed by atoms with van der Waals surface area (Å²) in [7, 11) is 0. The smallest absolute Gasteiger partial charge is 0.0300 e. The molecule has 96 valence electrons. The first-order valence-electron chi connectivity index (χ1n) is 6.74. The van der Waals surface area contributed by atoms with Gasteiger partial charge in [0.1, 0.15) is 0 Å². The molecule has 0 aliphatic carbocycles. The largest absolute Gasteiger partial charge is 0.324 e. The molecule has 1 aromatic rings. The van der Waals surface area contributed by atoms with Gasteiger partial charge in [0.05, 0.1) is 0 Å². The van der Waals surface area contributed by atoms with Crippen molar-refractivity contribution in [3.63, 3.8) is 0 Å². The molecule has 0 fully saturated rings. The molecule has 1 nitrogen and oxygen atoms in total. The Kier molecular flexibility index (Phi) is 4.76. The molecule has 0 saturated heterocycles. The number of benzene rings is 1. The van der Waals surface area contributed by atoms with Crippen LogP contribution in [0.2, 0.25) is 0 Å². The Labute approximate surface area is 106 Å². The maximum atomic E-state index is 6.37. The maximum absolute atomic E-state index is 6.37. The molecule has 0 saturated carbocycles. The van der Waals surface area contributed by atoms with Gasteiger partial charge < -0.3 is 5.73 Å². The van der Waals surface area contributed by atoms with Gasteiger partial charge >= 0.3 is 0 Å². The molecule has 0 radical (unpaired) electrons. The van der Waals surface area contributed by atoms with Gasteiger partial charge in [-0.25, -0.2) is 0 Å². The zero-order chi connectivity index (χ0) is 13.2. The van der Waals surface area contributed by atoms with Crippen molar-refractivity contribution in [3.8, 4) is 0 Å². The van der Waals surface area contributed by atoms with E-state index in [1.807, 2.05) is 0 Å². The van der Waals surface area contributed by atoms with E-state index in [0.717, 1.165) is 6.42 Å². The third-order valence-electron chi connectivity index (χ3n) is 4.30. The van der Waals surface area contributed by atoms with Crippen molar-refractivity contribution in [2.24, 2.45) is 5.73 Å². The Bertz CT molecular complexity index is 375. The van der Waals surface area contributed by atoms with Crippen LogP contribution >= 0.6 is 0 Å². The van der Waals surface area contributed by atoms with Crippen LogP contribution in [0.4, 0.5) is 0 Å². The Balaban J connectivity index is 3.24. The summed E-state index contributed by atoms with van der Waals surface area (Å²) < 4.78 is 0. The molecule has 17 heavy (non-hydrogen) atoms. The molecule has 1 rings (SSSR count). The number of unbranched alkanes of at least 4 members (excludes halogenated alkanes) is 1. The fraction of sp³-hybridized carbons (Fsp3) is 0.625. The molecule has 1 heteroatoms. The third-order valence-corrected chi connectivity index (χ3v) is 4.30. The van der Waals surface area contributed by atoms with Crippen molar-refractivity contribution >= 4 is 0 Å². The van der Waals surface area contributed by atoms with Gasteiger partial charge in [-0.15, -0.1) is 0 Å². The lowest BCUT2D eigenvalue weighted by Gasteiger charge is -2.23. The van der Waals surface area contributed by atoms with Crippen molar-refractivity contribution in [2.75, 3.05) is 0 Å². The van der Waals surface area contributed by atoms with E-state index in [-0.39, 0.29) is 6.04 Å². The van der Waals surface area contributed by atoms with Crippen molar-refractivity contribution in [1.82, 2.24) is 0 Å². The van der Waals surface area contributed by atoms with Crippen LogP contribution in [0.3, 0.4) is 0 Å². The van der Waals surface area contributed by atoms with Gasteiger partial charge in [-0.1, -0.05) is 19.8 Å². The first-order valence-corrected chi connectivity index (χ1v) is 6.74. The lowest BCUT2D eigenvalue weighted by atomic mass is 9.85.